The maximum Gasteiger partial charge on any atom is 0.220 e. The molecule has 0 aliphatic carbocycles. The third-order valence-electron chi connectivity index (χ3n) is 17.9. The second-order valence-electron chi connectivity index (χ2n) is 26.1. The van der Waals surface area contributed by atoms with Crippen molar-refractivity contribution in [3.63, 3.8) is 0 Å². The van der Waals surface area contributed by atoms with Crippen LogP contribution in [0.2, 0.25) is 0 Å². The van der Waals surface area contributed by atoms with Crippen molar-refractivity contribution in [3.05, 3.63) is 36.5 Å². The van der Waals surface area contributed by atoms with Crippen LogP contribution in [0.4, 0.5) is 0 Å². The number of hydrogen-bond acceptors (Lipinski definition) is 3. The van der Waals surface area contributed by atoms with Crippen LogP contribution in [0.3, 0.4) is 0 Å². The molecule has 1 amide bonds. The number of carbonyl (C=O) groups is 1. The van der Waals surface area contributed by atoms with Crippen LogP contribution in [0, 0.1) is 0 Å². The lowest BCUT2D eigenvalue weighted by atomic mass is 10.0. The minimum Gasteiger partial charge on any atom is -0.394 e. The molecule has 0 aliphatic heterocycles. The van der Waals surface area contributed by atoms with Gasteiger partial charge in [0.05, 0.1) is 18.8 Å². The summed E-state index contributed by atoms with van der Waals surface area (Å²) in [6.07, 6.45) is 101. The monoisotopic (exact) mass is 1140 g/mol. The van der Waals surface area contributed by atoms with Gasteiger partial charge in [-0.15, -0.1) is 0 Å². The lowest BCUT2D eigenvalue weighted by molar-refractivity contribution is -0.123. The molecule has 3 N–H and O–H groups in total. The minimum atomic E-state index is -0.871. The molecule has 0 aromatic rings. The molecule has 0 aliphatic rings. The van der Waals surface area contributed by atoms with Crippen LogP contribution >= 0.6 is 0 Å². The first-order valence-corrected chi connectivity index (χ1v) is 37.7. The maximum absolute atomic E-state index is 12.5. The van der Waals surface area contributed by atoms with E-state index in [9.17, 15) is 15.0 Å². The van der Waals surface area contributed by atoms with Gasteiger partial charge in [-0.1, -0.05) is 416 Å². The molecule has 0 radical (unpaired) electrons. The van der Waals surface area contributed by atoms with Crippen LogP contribution in [0.1, 0.15) is 431 Å². The zero-order chi connectivity index (χ0) is 58.4. The summed E-state index contributed by atoms with van der Waals surface area (Å²) < 4.78 is 0. The number of carbonyl (C=O) groups excluding carboxylic acids is 1. The summed E-state index contributed by atoms with van der Waals surface area (Å²) in [5, 5.41) is 23.3. The molecule has 2 atom stereocenters. The van der Waals surface area contributed by atoms with Gasteiger partial charge in [-0.2, -0.15) is 0 Å². The van der Waals surface area contributed by atoms with Gasteiger partial charge in [0, 0.05) is 6.42 Å². The summed E-state index contributed by atoms with van der Waals surface area (Å²) in [4.78, 5) is 12.5. The Morgan fingerprint density at radius 3 is 0.716 bits per heavy atom. The summed E-state index contributed by atoms with van der Waals surface area (Å²) >= 11 is 0. The van der Waals surface area contributed by atoms with E-state index in [0.29, 0.717) is 6.42 Å². The van der Waals surface area contributed by atoms with E-state index in [1.165, 1.54) is 372 Å². The average Bonchev–Trinajstić information content (AvgIpc) is 3.47. The van der Waals surface area contributed by atoms with Crippen LogP contribution in [-0.2, 0) is 4.79 Å². The standard InChI is InChI=1S/C77H149NO3/c1-3-5-7-9-11-13-15-17-19-21-23-25-27-29-31-33-34-35-36-37-38-39-40-41-42-43-44-45-47-49-51-53-55-57-59-61-63-65-67-69-71-73-77(81)78-75(74-79)76(80)72-70-68-66-64-62-60-58-56-54-52-50-48-46-32-30-28-26-24-22-20-18-16-14-12-10-8-6-4-2/h54,56,62,64,70,72,75-76,79-80H,3-53,55,57-61,63,65-69,71,73-74H2,1-2H3,(H,78,81)/b56-54+,64-62+,72-70+. The molecule has 81 heavy (non-hydrogen) atoms. The predicted molar refractivity (Wildman–Crippen MR) is 364 cm³/mol. The van der Waals surface area contributed by atoms with Gasteiger partial charge in [-0.25, -0.2) is 0 Å². The Hall–Kier alpha value is -1.39. The normalized spacial score (nSPS) is 12.8. The zero-order valence-corrected chi connectivity index (χ0v) is 55.6. The zero-order valence-electron chi connectivity index (χ0n) is 55.6. The van der Waals surface area contributed by atoms with Crippen molar-refractivity contribution in [1.82, 2.24) is 5.32 Å². The van der Waals surface area contributed by atoms with Crippen molar-refractivity contribution >= 4 is 5.91 Å². The summed E-state index contributed by atoms with van der Waals surface area (Å²) in [5.74, 6) is -0.0688. The van der Waals surface area contributed by atoms with Crippen molar-refractivity contribution < 1.29 is 15.0 Å². The van der Waals surface area contributed by atoms with Crippen molar-refractivity contribution in [1.29, 1.82) is 0 Å². The Kier molecular flexibility index (Phi) is 71.6. The highest BCUT2D eigenvalue weighted by Crippen LogP contribution is 2.20. The van der Waals surface area contributed by atoms with E-state index in [2.05, 4.69) is 43.5 Å². The molecule has 2 unspecified atom stereocenters. The fourth-order valence-electron chi connectivity index (χ4n) is 12.2. The number of amides is 1. The molecule has 4 nitrogen and oxygen atoms in total. The number of aliphatic hydroxyl groups excluding tert-OH is 2. The highest BCUT2D eigenvalue weighted by molar-refractivity contribution is 5.76. The number of aliphatic hydroxyl groups is 2. The topological polar surface area (TPSA) is 69.6 Å². The fraction of sp³-hybridized carbons (Fsp3) is 0.909. The van der Waals surface area contributed by atoms with Gasteiger partial charge in [-0.05, 0) is 44.9 Å². The molecular weight excluding hydrogens is 987 g/mol. The molecular formula is C77H149NO3. The minimum absolute atomic E-state index is 0.0688. The van der Waals surface area contributed by atoms with Crippen LogP contribution in [0.15, 0.2) is 36.5 Å². The van der Waals surface area contributed by atoms with E-state index < -0.39 is 12.1 Å². The molecule has 480 valence electrons. The second-order valence-corrected chi connectivity index (χ2v) is 26.1. The van der Waals surface area contributed by atoms with Crippen LogP contribution in [0.25, 0.3) is 0 Å². The number of hydrogen-bond donors (Lipinski definition) is 3. The summed E-state index contributed by atoms with van der Waals surface area (Å²) in [5.41, 5.74) is 0. The van der Waals surface area contributed by atoms with E-state index in [1.807, 2.05) is 6.08 Å². The van der Waals surface area contributed by atoms with Crippen molar-refractivity contribution in [3.8, 4) is 0 Å². The van der Waals surface area contributed by atoms with Crippen molar-refractivity contribution in [2.75, 3.05) is 6.61 Å². The predicted octanol–water partition coefficient (Wildman–Crippen LogP) is 25.9. The highest BCUT2D eigenvalue weighted by atomic mass is 16.3. The van der Waals surface area contributed by atoms with E-state index in [0.717, 1.165) is 38.5 Å². The largest absolute Gasteiger partial charge is 0.394 e. The number of rotatable bonds is 71. The molecule has 0 saturated carbocycles. The molecule has 0 aromatic heterocycles. The van der Waals surface area contributed by atoms with Gasteiger partial charge in [0.25, 0.3) is 0 Å². The van der Waals surface area contributed by atoms with Crippen molar-refractivity contribution in [2.24, 2.45) is 0 Å². The van der Waals surface area contributed by atoms with Gasteiger partial charge in [0.2, 0.25) is 5.91 Å². The molecule has 0 spiro atoms. The molecule has 0 bridgehead atoms. The van der Waals surface area contributed by atoms with Gasteiger partial charge < -0.3 is 15.5 Å². The molecule has 0 heterocycles. The van der Waals surface area contributed by atoms with Gasteiger partial charge in [0.15, 0.2) is 0 Å². The van der Waals surface area contributed by atoms with Crippen LogP contribution in [0.5, 0.6) is 0 Å². The lowest BCUT2D eigenvalue weighted by Gasteiger charge is -2.19. The summed E-state index contributed by atoms with van der Waals surface area (Å²) in [6, 6.07) is -0.646. The number of allylic oxidation sites excluding steroid dienone is 5. The summed E-state index contributed by atoms with van der Waals surface area (Å²) in [7, 11) is 0. The Labute approximate surface area is 510 Å². The number of unbranched alkanes of at least 4 members (excludes halogenated alkanes) is 60. The van der Waals surface area contributed by atoms with Crippen molar-refractivity contribution in [2.45, 2.75) is 443 Å². The van der Waals surface area contributed by atoms with E-state index in [1.54, 1.807) is 6.08 Å². The molecule has 4 heteroatoms. The van der Waals surface area contributed by atoms with Crippen LogP contribution < -0.4 is 5.32 Å². The fourth-order valence-corrected chi connectivity index (χ4v) is 12.2. The smallest absolute Gasteiger partial charge is 0.220 e. The third kappa shape index (κ3) is 69.3. The Morgan fingerprint density at radius 2 is 0.481 bits per heavy atom. The highest BCUT2D eigenvalue weighted by Gasteiger charge is 2.18. The lowest BCUT2D eigenvalue weighted by Crippen LogP contribution is -2.45. The Bertz CT molecular complexity index is 1240. The first-order valence-electron chi connectivity index (χ1n) is 37.7. The van der Waals surface area contributed by atoms with Gasteiger partial charge in [-0.3, -0.25) is 4.79 Å². The molecule has 0 aromatic carbocycles. The van der Waals surface area contributed by atoms with E-state index in [4.69, 9.17) is 0 Å². The van der Waals surface area contributed by atoms with E-state index >= 15 is 0 Å². The van der Waals surface area contributed by atoms with E-state index in [-0.39, 0.29) is 12.5 Å². The average molecular weight is 1140 g/mol. The second kappa shape index (κ2) is 72.9. The van der Waals surface area contributed by atoms with Gasteiger partial charge in [0.1, 0.15) is 0 Å². The maximum atomic E-state index is 12.5. The molecule has 0 saturated heterocycles. The van der Waals surface area contributed by atoms with Crippen LogP contribution in [-0.4, -0.2) is 34.9 Å². The first kappa shape index (κ1) is 79.6. The summed E-state index contributed by atoms with van der Waals surface area (Å²) in [6.45, 7) is 4.35. The Morgan fingerprint density at radius 1 is 0.284 bits per heavy atom. The molecule has 0 fully saturated rings. The molecule has 0 rings (SSSR count). The first-order chi connectivity index (χ1) is 40.2. The van der Waals surface area contributed by atoms with Gasteiger partial charge >= 0.3 is 0 Å². The SMILES string of the molecule is CCCCCCCCCCCCCCCCCCCC/C=C/CC/C=C/CC/C=C/C(O)C(CO)NC(=O)CCCCCCCCCCCCCCCCCCCCCCCCCCCCCCCCCCCCCCCCCCC. The Balaban J connectivity index is 3.41. The number of nitrogens with one attached hydrogen (secondary N) is 1. The quantitative estimate of drug-likeness (QED) is 0.0420. The third-order valence-corrected chi connectivity index (χ3v) is 17.9.